The SMILES string of the molecule is COc1ccc(OC)c(NC(=O)COC(=O)c2sc3ccccc3c2Cl)c1. The first-order valence-electron chi connectivity index (χ1n) is 7.89. The number of methoxy groups -OCH3 is 2. The van der Waals surface area contributed by atoms with Crippen LogP contribution >= 0.6 is 22.9 Å². The van der Waals surface area contributed by atoms with E-state index in [1.165, 1.54) is 25.6 Å². The Labute approximate surface area is 164 Å². The summed E-state index contributed by atoms with van der Waals surface area (Å²) < 4.78 is 16.3. The van der Waals surface area contributed by atoms with E-state index < -0.39 is 18.5 Å². The van der Waals surface area contributed by atoms with Crippen LogP contribution in [-0.2, 0) is 9.53 Å². The van der Waals surface area contributed by atoms with Gasteiger partial charge in [0.25, 0.3) is 5.91 Å². The van der Waals surface area contributed by atoms with Gasteiger partial charge < -0.3 is 19.5 Å². The Morgan fingerprint density at radius 1 is 1.11 bits per heavy atom. The Morgan fingerprint density at radius 3 is 2.59 bits per heavy atom. The zero-order valence-electron chi connectivity index (χ0n) is 14.6. The van der Waals surface area contributed by atoms with Crippen molar-refractivity contribution in [1.29, 1.82) is 0 Å². The van der Waals surface area contributed by atoms with Crippen molar-refractivity contribution < 1.29 is 23.8 Å². The molecule has 0 saturated carbocycles. The Hall–Kier alpha value is -2.77. The fourth-order valence-electron chi connectivity index (χ4n) is 2.44. The molecule has 140 valence electrons. The molecule has 1 N–H and O–H groups in total. The molecule has 0 aliphatic carbocycles. The highest BCUT2D eigenvalue weighted by molar-refractivity contribution is 7.21. The maximum atomic E-state index is 12.3. The van der Waals surface area contributed by atoms with Crippen LogP contribution in [-0.4, -0.2) is 32.7 Å². The molecule has 2 aromatic carbocycles. The van der Waals surface area contributed by atoms with Crippen LogP contribution in [0.5, 0.6) is 11.5 Å². The summed E-state index contributed by atoms with van der Waals surface area (Å²) in [6.07, 6.45) is 0. The summed E-state index contributed by atoms with van der Waals surface area (Å²) in [5.41, 5.74) is 0.415. The highest BCUT2D eigenvalue weighted by Gasteiger charge is 2.19. The van der Waals surface area contributed by atoms with Gasteiger partial charge in [0.1, 0.15) is 16.4 Å². The van der Waals surface area contributed by atoms with Crippen LogP contribution < -0.4 is 14.8 Å². The lowest BCUT2D eigenvalue weighted by molar-refractivity contribution is -0.119. The highest BCUT2D eigenvalue weighted by atomic mass is 35.5. The molecule has 0 fully saturated rings. The lowest BCUT2D eigenvalue weighted by Gasteiger charge is -2.11. The largest absolute Gasteiger partial charge is 0.497 e. The molecule has 1 aromatic heterocycles. The molecule has 6 nitrogen and oxygen atoms in total. The lowest BCUT2D eigenvalue weighted by Crippen LogP contribution is -2.21. The Morgan fingerprint density at radius 2 is 1.89 bits per heavy atom. The van der Waals surface area contributed by atoms with E-state index in [0.29, 0.717) is 22.2 Å². The quantitative estimate of drug-likeness (QED) is 0.616. The van der Waals surface area contributed by atoms with E-state index in [9.17, 15) is 9.59 Å². The number of amides is 1. The van der Waals surface area contributed by atoms with Gasteiger partial charge in [-0.15, -0.1) is 11.3 Å². The van der Waals surface area contributed by atoms with Crippen molar-refractivity contribution in [1.82, 2.24) is 0 Å². The molecule has 0 atom stereocenters. The molecule has 3 aromatic rings. The van der Waals surface area contributed by atoms with Gasteiger partial charge in [0.15, 0.2) is 6.61 Å². The molecule has 1 amide bonds. The summed E-state index contributed by atoms with van der Waals surface area (Å²) in [4.78, 5) is 24.7. The van der Waals surface area contributed by atoms with Crippen molar-refractivity contribution in [2.45, 2.75) is 0 Å². The smallest absolute Gasteiger partial charge is 0.350 e. The van der Waals surface area contributed by atoms with Crippen LogP contribution in [0, 0.1) is 0 Å². The normalized spacial score (nSPS) is 10.5. The summed E-state index contributed by atoms with van der Waals surface area (Å²) in [6.45, 7) is -0.455. The molecule has 27 heavy (non-hydrogen) atoms. The van der Waals surface area contributed by atoms with E-state index in [4.69, 9.17) is 25.8 Å². The number of halogens is 1. The number of hydrogen-bond donors (Lipinski definition) is 1. The number of benzene rings is 2. The van der Waals surface area contributed by atoms with Gasteiger partial charge in [-0.25, -0.2) is 4.79 Å². The molecule has 0 saturated heterocycles. The third-order valence-electron chi connectivity index (χ3n) is 3.74. The average molecular weight is 406 g/mol. The molecule has 0 radical (unpaired) electrons. The van der Waals surface area contributed by atoms with Crippen LogP contribution in [0.15, 0.2) is 42.5 Å². The molecule has 0 bridgehead atoms. The molecule has 1 heterocycles. The minimum atomic E-state index is -0.644. The van der Waals surface area contributed by atoms with Crippen LogP contribution in [0.4, 0.5) is 5.69 Å². The number of nitrogens with one attached hydrogen (secondary N) is 1. The van der Waals surface area contributed by atoms with Gasteiger partial charge in [0.2, 0.25) is 0 Å². The Bertz CT molecular complexity index is 1000. The van der Waals surface area contributed by atoms with Crippen LogP contribution in [0.3, 0.4) is 0 Å². The van der Waals surface area contributed by atoms with Gasteiger partial charge in [0.05, 0.1) is 24.9 Å². The minimum Gasteiger partial charge on any atom is -0.497 e. The number of rotatable bonds is 6. The number of thiophene rings is 1. The monoisotopic (exact) mass is 405 g/mol. The van der Waals surface area contributed by atoms with Gasteiger partial charge in [-0.2, -0.15) is 0 Å². The highest BCUT2D eigenvalue weighted by Crippen LogP contribution is 2.35. The maximum Gasteiger partial charge on any atom is 0.350 e. The number of anilines is 1. The Kier molecular flexibility index (Phi) is 5.83. The summed E-state index contributed by atoms with van der Waals surface area (Å²) in [5.74, 6) is -0.135. The lowest BCUT2D eigenvalue weighted by atomic mass is 10.2. The van der Waals surface area contributed by atoms with E-state index >= 15 is 0 Å². The molecule has 0 spiro atoms. The van der Waals surface area contributed by atoms with E-state index in [-0.39, 0.29) is 4.88 Å². The molecule has 3 rings (SSSR count). The second-order valence-corrected chi connectivity index (χ2v) is 6.86. The number of carbonyl (C=O) groups excluding carboxylic acids is 2. The van der Waals surface area contributed by atoms with E-state index in [0.717, 1.165) is 10.1 Å². The first kappa shape index (κ1) is 19.0. The van der Waals surface area contributed by atoms with Gasteiger partial charge in [-0.1, -0.05) is 29.8 Å². The summed E-state index contributed by atoms with van der Waals surface area (Å²) in [7, 11) is 3.00. The standard InChI is InChI=1S/C19H16ClNO5S/c1-24-11-7-8-14(25-2)13(9-11)21-16(22)10-26-19(23)18-17(20)12-5-3-4-6-15(12)27-18/h3-9H,10H2,1-2H3,(H,21,22). The van der Waals surface area contributed by atoms with Crippen molar-refractivity contribution in [3.8, 4) is 11.5 Å². The number of hydrogen-bond acceptors (Lipinski definition) is 6. The second kappa shape index (κ2) is 8.28. The van der Waals surface area contributed by atoms with Gasteiger partial charge in [0, 0.05) is 16.2 Å². The molecular weight excluding hydrogens is 390 g/mol. The predicted octanol–water partition coefficient (Wildman–Crippen LogP) is 4.37. The first-order valence-corrected chi connectivity index (χ1v) is 9.09. The average Bonchev–Trinajstić information content (AvgIpc) is 3.03. The number of fused-ring (bicyclic) bond motifs is 1. The van der Waals surface area contributed by atoms with E-state index in [2.05, 4.69) is 5.32 Å². The fourth-order valence-corrected chi connectivity index (χ4v) is 3.84. The maximum absolute atomic E-state index is 12.3. The number of esters is 1. The number of carbonyl (C=O) groups is 2. The van der Waals surface area contributed by atoms with Crippen molar-refractivity contribution in [3.63, 3.8) is 0 Å². The van der Waals surface area contributed by atoms with Crippen molar-refractivity contribution in [3.05, 3.63) is 52.4 Å². The zero-order chi connectivity index (χ0) is 19.4. The van der Waals surface area contributed by atoms with Crippen molar-refractivity contribution in [2.75, 3.05) is 26.1 Å². The first-order chi connectivity index (χ1) is 13.0. The third-order valence-corrected chi connectivity index (χ3v) is 5.39. The zero-order valence-corrected chi connectivity index (χ0v) is 16.1. The van der Waals surface area contributed by atoms with Crippen molar-refractivity contribution in [2.24, 2.45) is 0 Å². The number of ether oxygens (including phenoxy) is 3. The van der Waals surface area contributed by atoms with Gasteiger partial charge in [-0.3, -0.25) is 4.79 Å². The third kappa shape index (κ3) is 4.15. The minimum absolute atomic E-state index is 0.268. The van der Waals surface area contributed by atoms with E-state index in [1.54, 1.807) is 18.2 Å². The second-order valence-electron chi connectivity index (χ2n) is 5.43. The van der Waals surface area contributed by atoms with Gasteiger partial charge >= 0.3 is 5.97 Å². The van der Waals surface area contributed by atoms with Crippen LogP contribution in [0.25, 0.3) is 10.1 Å². The van der Waals surface area contributed by atoms with E-state index in [1.807, 2.05) is 24.3 Å². The molecular formula is C19H16ClNO5S. The van der Waals surface area contributed by atoms with Crippen molar-refractivity contribution >= 4 is 50.6 Å². The molecule has 8 heteroatoms. The fraction of sp³-hybridized carbons (Fsp3) is 0.158. The molecule has 0 unspecified atom stereocenters. The van der Waals surface area contributed by atoms with Gasteiger partial charge in [-0.05, 0) is 18.2 Å². The summed E-state index contributed by atoms with van der Waals surface area (Å²) >= 11 is 7.47. The summed E-state index contributed by atoms with van der Waals surface area (Å²) in [6, 6.07) is 12.4. The molecule has 0 aliphatic rings. The van der Waals surface area contributed by atoms with Crippen LogP contribution in [0.1, 0.15) is 9.67 Å². The summed E-state index contributed by atoms with van der Waals surface area (Å²) in [5, 5.41) is 3.74. The predicted molar refractivity (Wildman–Crippen MR) is 105 cm³/mol. The van der Waals surface area contributed by atoms with Crippen LogP contribution in [0.2, 0.25) is 5.02 Å². The molecule has 0 aliphatic heterocycles. The topological polar surface area (TPSA) is 73.9 Å². The Balaban J connectivity index is 1.67.